The molecule has 0 bridgehead atoms. The summed E-state index contributed by atoms with van der Waals surface area (Å²) in [5.41, 5.74) is 1.10. The van der Waals surface area contributed by atoms with Gasteiger partial charge in [-0.15, -0.1) is 0 Å². The predicted molar refractivity (Wildman–Crippen MR) is 108 cm³/mol. The Hall–Kier alpha value is -2.17. The number of nitrogens with zero attached hydrogens (tertiary/aromatic N) is 4. The number of piperidine rings is 1. The zero-order valence-electron chi connectivity index (χ0n) is 16.5. The van der Waals surface area contributed by atoms with E-state index in [1.165, 1.54) is 15.3 Å². The number of sulfonamides is 1. The Morgan fingerprint density at radius 1 is 1.10 bits per heavy atom. The molecule has 0 radical (unpaired) electrons. The van der Waals surface area contributed by atoms with Crippen molar-refractivity contribution in [2.24, 2.45) is 0 Å². The molecule has 10 heteroatoms. The lowest BCUT2D eigenvalue weighted by molar-refractivity contribution is -0.137. The van der Waals surface area contributed by atoms with E-state index in [-0.39, 0.29) is 16.8 Å². The van der Waals surface area contributed by atoms with Crippen molar-refractivity contribution in [2.75, 3.05) is 56.1 Å². The van der Waals surface area contributed by atoms with Crippen LogP contribution in [0.25, 0.3) is 0 Å². The number of amides is 1. The summed E-state index contributed by atoms with van der Waals surface area (Å²) in [5.74, 6) is -1.39. The molecule has 2 fully saturated rings. The third-order valence-electron chi connectivity index (χ3n) is 5.99. The van der Waals surface area contributed by atoms with Crippen LogP contribution in [0.1, 0.15) is 19.3 Å². The normalized spacial score (nSPS) is 23.6. The van der Waals surface area contributed by atoms with Gasteiger partial charge in [0.1, 0.15) is 12.6 Å². The molecule has 158 valence electrons. The lowest BCUT2D eigenvalue weighted by Crippen LogP contribution is -2.56. The van der Waals surface area contributed by atoms with Crippen molar-refractivity contribution >= 4 is 33.3 Å². The van der Waals surface area contributed by atoms with Crippen molar-refractivity contribution < 1.29 is 23.1 Å². The SMILES string of the molecule is CN1CCN(S(=O)(=O)c2ccc3c(c2)N(CC(=O)O)C(=O)C2CCCCN32)CC1. The monoisotopic (exact) mass is 422 g/mol. The largest absolute Gasteiger partial charge is 0.480 e. The summed E-state index contributed by atoms with van der Waals surface area (Å²) in [6.07, 6.45) is 2.54. The number of benzene rings is 1. The third kappa shape index (κ3) is 3.60. The number of piperazine rings is 1. The Morgan fingerprint density at radius 3 is 2.52 bits per heavy atom. The van der Waals surface area contributed by atoms with Gasteiger partial charge in [0.25, 0.3) is 0 Å². The molecule has 0 aliphatic carbocycles. The second-order valence-electron chi connectivity index (χ2n) is 7.88. The summed E-state index contributed by atoms with van der Waals surface area (Å²) in [7, 11) is -1.76. The van der Waals surface area contributed by atoms with E-state index in [4.69, 9.17) is 0 Å². The number of hydrogen-bond acceptors (Lipinski definition) is 6. The van der Waals surface area contributed by atoms with Gasteiger partial charge in [-0.1, -0.05) is 0 Å². The zero-order chi connectivity index (χ0) is 20.8. The average Bonchev–Trinajstić information content (AvgIpc) is 2.71. The summed E-state index contributed by atoms with van der Waals surface area (Å²) in [6.45, 7) is 2.35. The molecule has 1 amide bonds. The molecule has 1 unspecified atom stereocenters. The van der Waals surface area contributed by atoms with Crippen LogP contribution in [-0.2, 0) is 19.6 Å². The van der Waals surface area contributed by atoms with Crippen LogP contribution in [0.2, 0.25) is 0 Å². The molecule has 3 aliphatic heterocycles. The molecule has 0 aromatic heterocycles. The molecule has 3 aliphatic rings. The van der Waals surface area contributed by atoms with Crippen molar-refractivity contribution in [2.45, 2.75) is 30.2 Å². The first kappa shape index (κ1) is 20.1. The molecule has 1 atom stereocenters. The van der Waals surface area contributed by atoms with Crippen LogP contribution in [0, 0.1) is 0 Å². The number of aliphatic carboxylic acids is 1. The fourth-order valence-corrected chi connectivity index (χ4v) is 5.82. The summed E-state index contributed by atoms with van der Waals surface area (Å²) >= 11 is 0. The fraction of sp³-hybridized carbons (Fsp3) is 0.579. The van der Waals surface area contributed by atoms with E-state index < -0.39 is 22.5 Å². The van der Waals surface area contributed by atoms with Crippen molar-refractivity contribution in [1.82, 2.24) is 9.21 Å². The fourth-order valence-electron chi connectivity index (χ4n) is 4.37. The smallest absolute Gasteiger partial charge is 0.323 e. The molecule has 9 nitrogen and oxygen atoms in total. The van der Waals surface area contributed by atoms with E-state index in [1.54, 1.807) is 12.1 Å². The van der Waals surface area contributed by atoms with Crippen molar-refractivity contribution in [1.29, 1.82) is 0 Å². The molecule has 0 spiro atoms. The number of anilines is 2. The lowest BCUT2D eigenvalue weighted by atomic mass is 9.96. The number of hydrogen-bond donors (Lipinski definition) is 1. The number of carbonyl (C=O) groups excluding carboxylic acids is 1. The highest BCUT2D eigenvalue weighted by Gasteiger charge is 2.41. The maximum Gasteiger partial charge on any atom is 0.323 e. The van der Waals surface area contributed by atoms with Crippen molar-refractivity contribution in [3.05, 3.63) is 18.2 Å². The van der Waals surface area contributed by atoms with Crippen LogP contribution < -0.4 is 9.80 Å². The molecular weight excluding hydrogens is 396 g/mol. The van der Waals surface area contributed by atoms with E-state index in [9.17, 15) is 23.1 Å². The van der Waals surface area contributed by atoms with E-state index in [1.807, 2.05) is 11.9 Å². The third-order valence-corrected chi connectivity index (χ3v) is 7.89. The summed E-state index contributed by atoms with van der Waals surface area (Å²) in [5, 5.41) is 9.32. The van der Waals surface area contributed by atoms with E-state index in [0.717, 1.165) is 18.5 Å². The molecule has 2 saturated heterocycles. The van der Waals surface area contributed by atoms with Crippen molar-refractivity contribution in [3.8, 4) is 0 Å². The second kappa shape index (κ2) is 7.58. The number of carboxylic acid groups (broad SMARTS) is 1. The van der Waals surface area contributed by atoms with Gasteiger partial charge in [0.05, 0.1) is 16.3 Å². The Morgan fingerprint density at radius 2 is 1.83 bits per heavy atom. The van der Waals surface area contributed by atoms with Gasteiger partial charge in [0.15, 0.2) is 0 Å². The molecule has 1 aromatic carbocycles. The second-order valence-corrected chi connectivity index (χ2v) is 9.82. The lowest BCUT2D eigenvalue weighted by Gasteiger charge is -2.45. The molecule has 4 rings (SSSR count). The minimum Gasteiger partial charge on any atom is -0.480 e. The van der Waals surface area contributed by atoms with Crippen LogP contribution in [0.3, 0.4) is 0 Å². The van der Waals surface area contributed by atoms with Crippen LogP contribution in [-0.4, -0.2) is 87.0 Å². The van der Waals surface area contributed by atoms with Crippen LogP contribution in [0.15, 0.2) is 23.1 Å². The van der Waals surface area contributed by atoms with Crippen molar-refractivity contribution in [3.63, 3.8) is 0 Å². The molecule has 1 N–H and O–H groups in total. The van der Waals surface area contributed by atoms with E-state index >= 15 is 0 Å². The Balaban J connectivity index is 1.74. The first-order valence-corrected chi connectivity index (χ1v) is 11.4. The topological polar surface area (TPSA) is 101 Å². The van der Waals surface area contributed by atoms with Crippen LogP contribution in [0.4, 0.5) is 11.4 Å². The van der Waals surface area contributed by atoms with Gasteiger partial charge in [-0.2, -0.15) is 4.31 Å². The minimum absolute atomic E-state index is 0.0967. The highest BCUT2D eigenvalue weighted by molar-refractivity contribution is 7.89. The van der Waals surface area contributed by atoms with Gasteiger partial charge in [-0.05, 0) is 44.5 Å². The summed E-state index contributed by atoms with van der Waals surface area (Å²) < 4.78 is 27.7. The Bertz CT molecular complexity index is 927. The van der Waals surface area contributed by atoms with Gasteiger partial charge >= 0.3 is 5.97 Å². The highest BCUT2D eigenvalue weighted by atomic mass is 32.2. The van der Waals surface area contributed by atoms with Crippen LogP contribution >= 0.6 is 0 Å². The van der Waals surface area contributed by atoms with Gasteiger partial charge in [-0.3, -0.25) is 14.5 Å². The first-order chi connectivity index (χ1) is 13.8. The Labute approximate surface area is 170 Å². The maximum absolute atomic E-state index is 13.1. The number of fused-ring (bicyclic) bond motifs is 3. The number of rotatable bonds is 4. The van der Waals surface area contributed by atoms with Gasteiger partial charge in [0.2, 0.25) is 15.9 Å². The maximum atomic E-state index is 13.1. The number of carboxylic acids is 1. The van der Waals surface area contributed by atoms with Gasteiger partial charge in [-0.25, -0.2) is 8.42 Å². The van der Waals surface area contributed by atoms with Crippen LogP contribution in [0.5, 0.6) is 0 Å². The first-order valence-electron chi connectivity index (χ1n) is 9.91. The average molecular weight is 423 g/mol. The molecule has 29 heavy (non-hydrogen) atoms. The Kier molecular flexibility index (Phi) is 5.26. The molecule has 0 saturated carbocycles. The van der Waals surface area contributed by atoms with Gasteiger partial charge in [0, 0.05) is 32.7 Å². The van der Waals surface area contributed by atoms with E-state index in [0.29, 0.717) is 44.8 Å². The zero-order valence-corrected chi connectivity index (χ0v) is 17.3. The van der Waals surface area contributed by atoms with Gasteiger partial charge < -0.3 is 14.9 Å². The summed E-state index contributed by atoms with van der Waals surface area (Å²) in [4.78, 5) is 29.8. The van der Waals surface area contributed by atoms with E-state index in [2.05, 4.69) is 4.90 Å². The molecule has 1 aromatic rings. The number of likely N-dealkylation sites (N-methyl/N-ethyl adjacent to an activating group) is 1. The standard InChI is InChI=1S/C19H26N4O5S/c1-20-8-10-21(11-9-20)29(27,28)14-5-6-15-17(12-14)23(13-18(24)25)19(26)16-4-2-3-7-22(15)16/h5-6,12,16H,2-4,7-11,13H2,1H3,(H,24,25). The highest BCUT2D eigenvalue weighted by Crippen LogP contribution is 2.41. The minimum atomic E-state index is -3.71. The predicted octanol–water partition coefficient (Wildman–Crippen LogP) is 0.413. The number of carbonyl (C=O) groups is 2. The molecular formula is C19H26N4O5S. The summed E-state index contributed by atoms with van der Waals surface area (Å²) in [6, 6.07) is 4.38. The quantitative estimate of drug-likeness (QED) is 0.750. The molecule has 3 heterocycles.